The van der Waals surface area contributed by atoms with Crippen LogP contribution in [0.25, 0.3) is 83.4 Å². The Bertz CT molecular complexity index is 3790. The molecule has 0 atom stereocenters. The first-order chi connectivity index (χ1) is 33.8. The number of hydrogen-bond donors (Lipinski definition) is 0. The lowest BCUT2D eigenvalue weighted by atomic mass is 9.86. The third kappa shape index (κ3) is 6.96. The third-order valence-corrected chi connectivity index (χ3v) is 14.0. The molecule has 0 N–H and O–H groups in total. The number of anilines is 4. The number of nitrogens with zero attached hydrogens (tertiary/aromatic N) is 4. The molecule has 330 valence electrons. The SMILES string of the molecule is CC(C)(C)c1ccc(-c2ccc3c(c2)c2ccc4cc2n3-c2cccc(n2)-c2cccc(c2)-c2ccccc2-c2cccc(-c3ccccc3)c2N2CN(c3cccc(c3)O4)c3ccccc32)cc1. The Hall–Kier alpha value is -8.67. The van der Waals surface area contributed by atoms with Gasteiger partial charge in [-0.05, 0) is 111 Å². The van der Waals surface area contributed by atoms with Crippen molar-refractivity contribution in [2.24, 2.45) is 0 Å². The molecule has 2 aliphatic heterocycles. The second-order valence-corrected chi connectivity index (χ2v) is 19.2. The van der Waals surface area contributed by atoms with Gasteiger partial charge in [0, 0.05) is 45.3 Å². The van der Waals surface area contributed by atoms with Gasteiger partial charge in [0.15, 0.2) is 0 Å². The molecule has 0 unspecified atom stereocenters. The number of aromatic nitrogens is 2. The van der Waals surface area contributed by atoms with Crippen LogP contribution in [0.1, 0.15) is 26.3 Å². The van der Waals surface area contributed by atoms with E-state index in [0.717, 1.165) is 101 Å². The van der Waals surface area contributed by atoms with Crippen molar-refractivity contribution < 1.29 is 4.74 Å². The van der Waals surface area contributed by atoms with Crippen molar-refractivity contribution in [3.05, 3.63) is 230 Å². The lowest BCUT2D eigenvalue weighted by Crippen LogP contribution is -2.25. The minimum Gasteiger partial charge on any atom is -0.457 e. The predicted molar refractivity (Wildman–Crippen MR) is 287 cm³/mol. The van der Waals surface area contributed by atoms with Crippen molar-refractivity contribution in [1.29, 1.82) is 0 Å². The van der Waals surface area contributed by atoms with Crippen LogP contribution in [0.4, 0.5) is 22.7 Å². The van der Waals surface area contributed by atoms with E-state index in [-0.39, 0.29) is 5.41 Å². The molecule has 0 fully saturated rings. The summed E-state index contributed by atoms with van der Waals surface area (Å²) in [5.74, 6) is 2.35. The van der Waals surface area contributed by atoms with Gasteiger partial charge in [0.1, 0.15) is 24.0 Å². The summed E-state index contributed by atoms with van der Waals surface area (Å²) in [7, 11) is 0. The fourth-order valence-electron chi connectivity index (χ4n) is 10.6. The van der Waals surface area contributed by atoms with Crippen molar-refractivity contribution in [2.75, 3.05) is 16.5 Å². The van der Waals surface area contributed by atoms with Gasteiger partial charge in [0.05, 0.1) is 33.8 Å². The molecule has 5 heteroatoms. The van der Waals surface area contributed by atoms with Crippen LogP contribution in [0.5, 0.6) is 11.5 Å². The second kappa shape index (κ2) is 16.0. The molecule has 10 bridgehead atoms. The molecule has 2 aliphatic rings. The van der Waals surface area contributed by atoms with E-state index in [1.807, 2.05) is 0 Å². The summed E-state index contributed by atoms with van der Waals surface area (Å²) in [6.07, 6.45) is 0. The lowest BCUT2D eigenvalue weighted by molar-refractivity contribution is 0.483. The zero-order valence-electron chi connectivity index (χ0n) is 38.8. The zero-order chi connectivity index (χ0) is 46.2. The van der Waals surface area contributed by atoms with Crippen LogP contribution < -0.4 is 14.5 Å². The molecule has 69 heavy (non-hydrogen) atoms. The molecule has 4 heterocycles. The highest BCUT2D eigenvalue weighted by atomic mass is 16.5. The van der Waals surface area contributed by atoms with Crippen molar-refractivity contribution in [2.45, 2.75) is 26.2 Å². The molecular weight excluding hydrogens is 841 g/mol. The summed E-state index contributed by atoms with van der Waals surface area (Å²) in [4.78, 5) is 10.4. The molecule has 9 aromatic carbocycles. The average molecular weight is 889 g/mol. The number of pyridine rings is 1. The van der Waals surface area contributed by atoms with Crippen LogP contribution in [0.15, 0.2) is 224 Å². The maximum absolute atomic E-state index is 6.88. The van der Waals surface area contributed by atoms with Gasteiger partial charge in [-0.1, -0.05) is 166 Å². The van der Waals surface area contributed by atoms with Crippen LogP contribution in [-0.4, -0.2) is 16.2 Å². The Labute approximate surface area is 402 Å². The monoisotopic (exact) mass is 888 g/mol. The lowest BCUT2D eigenvalue weighted by Gasteiger charge is -2.28. The topological polar surface area (TPSA) is 33.5 Å². The predicted octanol–water partition coefficient (Wildman–Crippen LogP) is 17.2. The Kier molecular flexibility index (Phi) is 9.41. The number of fused-ring (bicyclic) bond motifs is 23. The fraction of sp³-hybridized carbons (Fsp3) is 0.0781. The quantitative estimate of drug-likeness (QED) is 0.173. The number of benzene rings is 9. The Morgan fingerprint density at radius 2 is 1.09 bits per heavy atom. The summed E-state index contributed by atoms with van der Waals surface area (Å²) in [6, 6.07) is 81.1. The van der Waals surface area contributed by atoms with Gasteiger partial charge in [-0.2, -0.15) is 0 Å². The highest BCUT2D eigenvalue weighted by Gasteiger charge is 2.32. The van der Waals surface area contributed by atoms with Crippen molar-refractivity contribution in [3.63, 3.8) is 0 Å². The summed E-state index contributed by atoms with van der Waals surface area (Å²) in [5.41, 5.74) is 19.2. The van der Waals surface area contributed by atoms with Crippen LogP contribution >= 0.6 is 0 Å². The number of rotatable bonds is 2. The van der Waals surface area contributed by atoms with Gasteiger partial charge in [0.25, 0.3) is 0 Å². The first kappa shape index (κ1) is 40.6. The summed E-state index contributed by atoms with van der Waals surface area (Å²) < 4.78 is 9.18. The molecule has 0 spiro atoms. The molecule has 0 aliphatic carbocycles. The van der Waals surface area contributed by atoms with Gasteiger partial charge < -0.3 is 14.5 Å². The smallest absolute Gasteiger partial charge is 0.138 e. The molecule has 0 amide bonds. The zero-order valence-corrected chi connectivity index (χ0v) is 38.8. The molecule has 2 aromatic heterocycles. The molecular formula is C64H48N4O. The average Bonchev–Trinajstić information content (AvgIpc) is 3.94. The standard InChI is InChI=1S/C64H48N4O/c1-64(2,3)47-32-29-42(30-33-47)44-31-36-58-56(38-44)54-35-34-50-40-61(54)68(58)62-28-14-25-57(65-62)46-18-11-17-45(37-46)51-21-7-8-22-53(51)55-24-13-23-52(43-15-5-4-6-16-43)63(55)67-41-66(59-26-9-10-27-60(59)67)48-19-12-20-49(39-48)69-50/h4-40H,41H2,1-3H3. The first-order valence-corrected chi connectivity index (χ1v) is 23.8. The maximum atomic E-state index is 6.88. The molecule has 0 radical (unpaired) electrons. The van der Waals surface area contributed by atoms with E-state index in [9.17, 15) is 0 Å². The van der Waals surface area contributed by atoms with Crippen molar-refractivity contribution >= 4 is 44.6 Å². The van der Waals surface area contributed by atoms with Crippen LogP contribution in [0.2, 0.25) is 0 Å². The van der Waals surface area contributed by atoms with Gasteiger partial charge >= 0.3 is 0 Å². The highest BCUT2D eigenvalue weighted by molar-refractivity contribution is 6.11. The highest BCUT2D eigenvalue weighted by Crippen LogP contribution is 2.52. The van der Waals surface area contributed by atoms with Gasteiger partial charge in [-0.3, -0.25) is 4.57 Å². The molecule has 5 nitrogen and oxygen atoms in total. The molecule has 13 rings (SSSR count). The summed E-state index contributed by atoms with van der Waals surface area (Å²) in [5, 5.41) is 2.29. The van der Waals surface area contributed by atoms with E-state index in [1.54, 1.807) is 0 Å². The molecule has 11 aromatic rings. The van der Waals surface area contributed by atoms with Gasteiger partial charge in [-0.15, -0.1) is 0 Å². The van der Waals surface area contributed by atoms with Crippen molar-refractivity contribution in [3.8, 4) is 73.1 Å². The third-order valence-electron chi connectivity index (χ3n) is 14.0. The fourth-order valence-corrected chi connectivity index (χ4v) is 10.6. The first-order valence-electron chi connectivity index (χ1n) is 23.8. The van der Waals surface area contributed by atoms with E-state index in [0.29, 0.717) is 6.67 Å². The Morgan fingerprint density at radius 3 is 1.93 bits per heavy atom. The van der Waals surface area contributed by atoms with E-state index >= 15 is 0 Å². The van der Waals surface area contributed by atoms with Crippen molar-refractivity contribution in [1.82, 2.24) is 9.55 Å². The van der Waals surface area contributed by atoms with Crippen LogP contribution in [-0.2, 0) is 5.41 Å². The maximum Gasteiger partial charge on any atom is 0.138 e. The summed E-state index contributed by atoms with van der Waals surface area (Å²) >= 11 is 0. The van der Waals surface area contributed by atoms with Gasteiger partial charge in [0.2, 0.25) is 0 Å². The number of para-hydroxylation sites is 3. The Balaban J connectivity index is 1.04. The van der Waals surface area contributed by atoms with E-state index < -0.39 is 0 Å². The van der Waals surface area contributed by atoms with Gasteiger partial charge in [-0.25, -0.2) is 4.98 Å². The molecule has 0 saturated carbocycles. The largest absolute Gasteiger partial charge is 0.457 e. The minimum atomic E-state index is 0.0821. The Morgan fingerprint density at radius 1 is 0.420 bits per heavy atom. The number of ether oxygens (including phenoxy) is 1. The number of hydrogen-bond acceptors (Lipinski definition) is 4. The van der Waals surface area contributed by atoms with E-state index in [4.69, 9.17) is 9.72 Å². The molecule has 0 saturated heterocycles. The van der Waals surface area contributed by atoms with Crippen LogP contribution in [0.3, 0.4) is 0 Å². The van der Waals surface area contributed by atoms with E-state index in [1.165, 1.54) is 22.3 Å². The van der Waals surface area contributed by atoms with E-state index in [2.05, 4.69) is 260 Å². The second-order valence-electron chi connectivity index (χ2n) is 19.2. The summed E-state index contributed by atoms with van der Waals surface area (Å²) in [6.45, 7) is 7.38. The minimum absolute atomic E-state index is 0.0821. The van der Waals surface area contributed by atoms with Crippen LogP contribution in [0, 0.1) is 0 Å². The normalized spacial score (nSPS) is 12.9.